The minimum Gasteiger partial charge on any atom is -0.376 e. The normalized spacial score (nSPS) is 12.0. The summed E-state index contributed by atoms with van der Waals surface area (Å²) in [7, 11) is 6.66. The fourth-order valence-electron chi connectivity index (χ4n) is 3.02. The zero-order chi connectivity index (χ0) is 17.9. The van der Waals surface area contributed by atoms with Crippen molar-refractivity contribution in [1.82, 2.24) is 0 Å². The second-order valence-electron chi connectivity index (χ2n) is 8.58. The first kappa shape index (κ1) is 23.9. The average molecular weight is 343 g/mol. The quantitative estimate of drug-likeness (QED) is 0.190. The van der Waals surface area contributed by atoms with Crippen molar-refractivity contribution in [3.8, 4) is 0 Å². The van der Waals surface area contributed by atoms with Crippen molar-refractivity contribution < 1.29 is 9.22 Å². The smallest absolute Gasteiger partial charge is 0.102 e. The number of hydrogen-bond donors (Lipinski definition) is 0. The molecule has 0 saturated carbocycles. The third kappa shape index (κ3) is 21.9. The van der Waals surface area contributed by atoms with Crippen molar-refractivity contribution >= 4 is 0 Å². The van der Waals surface area contributed by atoms with Crippen LogP contribution in [0.5, 0.6) is 0 Å². The molecule has 2 nitrogen and oxygen atoms in total. The molecular weight excluding hydrogens is 294 g/mol. The van der Waals surface area contributed by atoms with Gasteiger partial charge >= 0.3 is 0 Å². The predicted octanol–water partition coefficient (Wildman–Crippen LogP) is 6.58. The Morgan fingerprint density at radius 2 is 0.875 bits per heavy atom. The van der Waals surface area contributed by atoms with Gasteiger partial charge in [-0.05, 0) is 6.42 Å². The van der Waals surface area contributed by atoms with Crippen molar-refractivity contribution in [2.24, 2.45) is 0 Å². The average Bonchev–Trinajstić information content (AvgIpc) is 2.52. The summed E-state index contributed by atoms with van der Waals surface area (Å²) in [6.07, 6.45) is 21.4. The largest absolute Gasteiger partial charge is 0.376 e. The maximum Gasteiger partial charge on any atom is 0.102 e. The lowest BCUT2D eigenvalue weighted by atomic mass is 10.0. The van der Waals surface area contributed by atoms with Crippen LogP contribution >= 0.6 is 0 Å². The fraction of sp³-hybridized carbons (Fsp3) is 1.00. The molecule has 0 radical (unpaired) electrons. The zero-order valence-corrected chi connectivity index (χ0v) is 17.6. The summed E-state index contributed by atoms with van der Waals surface area (Å²) in [4.78, 5) is 0. The zero-order valence-electron chi connectivity index (χ0n) is 17.6. The van der Waals surface area contributed by atoms with Crippen LogP contribution in [0.1, 0.15) is 103 Å². The molecule has 0 fully saturated rings. The van der Waals surface area contributed by atoms with E-state index in [1.54, 1.807) is 0 Å². The number of quaternary nitrogens is 1. The maximum absolute atomic E-state index is 5.71. The third-order valence-corrected chi connectivity index (χ3v) is 4.80. The van der Waals surface area contributed by atoms with Gasteiger partial charge in [-0.3, -0.25) is 0 Å². The van der Waals surface area contributed by atoms with E-state index in [2.05, 4.69) is 28.1 Å². The van der Waals surface area contributed by atoms with Crippen molar-refractivity contribution in [3.63, 3.8) is 0 Å². The first-order valence-corrected chi connectivity index (χ1v) is 10.9. The van der Waals surface area contributed by atoms with Crippen LogP contribution in [0.25, 0.3) is 0 Å². The van der Waals surface area contributed by atoms with E-state index in [4.69, 9.17) is 4.74 Å². The van der Waals surface area contributed by atoms with Crippen LogP contribution < -0.4 is 0 Å². The lowest BCUT2D eigenvalue weighted by molar-refractivity contribution is -0.870. The number of ether oxygens (including phenoxy) is 1. The van der Waals surface area contributed by atoms with Crippen LogP contribution in [-0.2, 0) is 4.74 Å². The van der Waals surface area contributed by atoms with Gasteiger partial charge in [0, 0.05) is 6.61 Å². The van der Waals surface area contributed by atoms with Gasteiger partial charge in [0.25, 0.3) is 0 Å². The van der Waals surface area contributed by atoms with Crippen molar-refractivity contribution in [2.75, 3.05) is 40.9 Å². The number of unbranched alkanes of at least 4 members (excludes halogenated alkanes) is 14. The number of rotatable bonds is 19. The van der Waals surface area contributed by atoms with Crippen molar-refractivity contribution in [2.45, 2.75) is 103 Å². The number of hydrogen-bond acceptors (Lipinski definition) is 1. The summed E-state index contributed by atoms with van der Waals surface area (Å²) in [5, 5.41) is 0. The van der Waals surface area contributed by atoms with E-state index in [0.29, 0.717) is 0 Å². The summed E-state index contributed by atoms with van der Waals surface area (Å²) in [5.74, 6) is 0. The van der Waals surface area contributed by atoms with Gasteiger partial charge in [-0.2, -0.15) is 0 Å². The molecule has 0 unspecified atom stereocenters. The molecule has 0 aliphatic heterocycles. The molecule has 2 heteroatoms. The second kappa shape index (κ2) is 17.7. The first-order valence-electron chi connectivity index (χ1n) is 10.9. The molecule has 0 rings (SSSR count). The molecule has 24 heavy (non-hydrogen) atoms. The molecular formula is C22H48NO+. The van der Waals surface area contributed by atoms with Gasteiger partial charge in [-0.15, -0.1) is 0 Å². The lowest BCUT2D eigenvalue weighted by Crippen LogP contribution is -2.37. The van der Waals surface area contributed by atoms with E-state index in [1.165, 1.54) is 96.3 Å². The Labute approximate surface area is 153 Å². The highest BCUT2D eigenvalue weighted by atomic mass is 16.5. The third-order valence-electron chi connectivity index (χ3n) is 4.80. The van der Waals surface area contributed by atoms with Crippen LogP contribution in [0.3, 0.4) is 0 Å². The molecule has 146 valence electrons. The standard InChI is InChI=1S/C22H48NO/c1-5-6-7-8-9-10-11-12-13-14-15-16-17-18-19-21-24-22-20-23(2,3)4/h5-22H2,1-4H3/q+1. The van der Waals surface area contributed by atoms with E-state index in [1.807, 2.05) is 0 Å². The summed E-state index contributed by atoms with van der Waals surface area (Å²) >= 11 is 0. The van der Waals surface area contributed by atoms with Crippen LogP contribution in [-0.4, -0.2) is 45.4 Å². The van der Waals surface area contributed by atoms with Crippen molar-refractivity contribution in [1.29, 1.82) is 0 Å². The molecule has 0 atom stereocenters. The molecule has 0 amide bonds. The van der Waals surface area contributed by atoms with Crippen LogP contribution in [0, 0.1) is 0 Å². The van der Waals surface area contributed by atoms with Gasteiger partial charge in [0.2, 0.25) is 0 Å². The topological polar surface area (TPSA) is 9.23 Å². The summed E-state index contributed by atoms with van der Waals surface area (Å²) < 4.78 is 6.71. The molecule has 0 aromatic heterocycles. The molecule has 0 spiro atoms. The second-order valence-corrected chi connectivity index (χ2v) is 8.58. The molecule has 0 bridgehead atoms. The van der Waals surface area contributed by atoms with Gasteiger partial charge in [-0.25, -0.2) is 0 Å². The van der Waals surface area contributed by atoms with Gasteiger partial charge < -0.3 is 9.22 Å². The Balaban J connectivity index is 3.00. The molecule has 0 saturated heterocycles. The van der Waals surface area contributed by atoms with E-state index in [9.17, 15) is 0 Å². The van der Waals surface area contributed by atoms with Gasteiger partial charge in [-0.1, -0.05) is 96.8 Å². The lowest BCUT2D eigenvalue weighted by Gasteiger charge is -2.23. The molecule has 0 aliphatic carbocycles. The minimum absolute atomic E-state index is 0.905. The molecule has 0 N–H and O–H groups in total. The van der Waals surface area contributed by atoms with Crippen LogP contribution in [0.15, 0.2) is 0 Å². The Bertz CT molecular complexity index is 235. The Kier molecular flexibility index (Phi) is 17.7. The van der Waals surface area contributed by atoms with E-state index in [0.717, 1.165) is 24.2 Å². The van der Waals surface area contributed by atoms with Crippen molar-refractivity contribution in [3.05, 3.63) is 0 Å². The maximum atomic E-state index is 5.71. The van der Waals surface area contributed by atoms with E-state index >= 15 is 0 Å². The molecule has 0 heterocycles. The highest BCUT2D eigenvalue weighted by Crippen LogP contribution is 2.13. The van der Waals surface area contributed by atoms with E-state index in [-0.39, 0.29) is 0 Å². The first-order chi connectivity index (χ1) is 11.6. The van der Waals surface area contributed by atoms with Gasteiger partial charge in [0.1, 0.15) is 6.54 Å². The highest BCUT2D eigenvalue weighted by molar-refractivity contribution is 4.49. The number of nitrogens with zero attached hydrogens (tertiary/aromatic N) is 1. The SMILES string of the molecule is CCCCCCCCCCCCCCCCCOCC[N+](C)(C)C. The highest BCUT2D eigenvalue weighted by Gasteiger charge is 2.05. The van der Waals surface area contributed by atoms with E-state index < -0.39 is 0 Å². The molecule has 0 aliphatic rings. The Hall–Kier alpha value is -0.0800. The molecule has 0 aromatic rings. The van der Waals surface area contributed by atoms with Crippen LogP contribution in [0.4, 0.5) is 0 Å². The molecule has 0 aromatic carbocycles. The fourth-order valence-corrected chi connectivity index (χ4v) is 3.02. The van der Waals surface area contributed by atoms with Crippen LogP contribution in [0.2, 0.25) is 0 Å². The van der Waals surface area contributed by atoms with Gasteiger partial charge in [0.15, 0.2) is 0 Å². The minimum atomic E-state index is 0.905. The monoisotopic (exact) mass is 342 g/mol. The summed E-state index contributed by atoms with van der Waals surface area (Å²) in [6.45, 7) is 5.26. The number of likely N-dealkylation sites (N-methyl/N-ethyl adjacent to an activating group) is 1. The Morgan fingerprint density at radius 3 is 1.25 bits per heavy atom. The summed E-state index contributed by atoms with van der Waals surface area (Å²) in [6, 6.07) is 0. The van der Waals surface area contributed by atoms with Gasteiger partial charge in [0.05, 0.1) is 27.7 Å². The Morgan fingerprint density at radius 1 is 0.500 bits per heavy atom. The predicted molar refractivity (Wildman–Crippen MR) is 109 cm³/mol. The summed E-state index contributed by atoms with van der Waals surface area (Å²) in [5.41, 5.74) is 0.